The Morgan fingerprint density at radius 3 is 2.20 bits per heavy atom. The SMILES string of the molecule is Cc1ccc(-c2cc(-c3ccccc3)nc3sc(C(=O)Nc4ccc(C(=O)C=Cc5ccc(C(C)C)cc5)cc4)c(N)c23)cc1. The van der Waals surface area contributed by atoms with Crippen molar-refractivity contribution in [3.05, 3.63) is 142 Å². The lowest BCUT2D eigenvalue weighted by Crippen LogP contribution is -2.12. The molecule has 6 aromatic rings. The van der Waals surface area contributed by atoms with Crippen molar-refractivity contribution in [1.29, 1.82) is 0 Å². The first-order valence-electron chi connectivity index (χ1n) is 14.9. The fourth-order valence-corrected chi connectivity index (χ4v) is 6.19. The average molecular weight is 608 g/mol. The number of nitrogens with one attached hydrogen (secondary N) is 1. The van der Waals surface area contributed by atoms with Crippen LogP contribution < -0.4 is 11.1 Å². The van der Waals surface area contributed by atoms with Crippen molar-refractivity contribution in [2.24, 2.45) is 0 Å². The molecule has 0 saturated heterocycles. The minimum absolute atomic E-state index is 0.113. The smallest absolute Gasteiger partial charge is 0.267 e. The minimum Gasteiger partial charge on any atom is -0.397 e. The van der Waals surface area contributed by atoms with Crippen molar-refractivity contribution in [2.45, 2.75) is 26.7 Å². The highest BCUT2D eigenvalue weighted by atomic mass is 32.1. The largest absolute Gasteiger partial charge is 0.397 e. The Morgan fingerprint density at radius 2 is 1.53 bits per heavy atom. The Balaban J connectivity index is 1.25. The van der Waals surface area contributed by atoms with E-state index in [0.717, 1.165) is 38.9 Å². The molecular formula is C39H33N3O2S. The lowest BCUT2D eigenvalue weighted by Gasteiger charge is -2.09. The highest BCUT2D eigenvalue weighted by Gasteiger charge is 2.22. The maximum absolute atomic E-state index is 13.5. The van der Waals surface area contributed by atoms with Crippen LogP contribution in [0.25, 0.3) is 38.7 Å². The number of hydrogen-bond donors (Lipinski definition) is 2. The van der Waals surface area contributed by atoms with Gasteiger partial charge in [-0.15, -0.1) is 11.3 Å². The zero-order valence-corrected chi connectivity index (χ0v) is 26.2. The van der Waals surface area contributed by atoms with Crippen LogP contribution in [0, 0.1) is 6.92 Å². The van der Waals surface area contributed by atoms with Gasteiger partial charge in [0.05, 0.1) is 11.4 Å². The molecular weight excluding hydrogens is 575 g/mol. The summed E-state index contributed by atoms with van der Waals surface area (Å²) in [6.45, 7) is 6.35. The van der Waals surface area contributed by atoms with E-state index in [4.69, 9.17) is 10.7 Å². The molecule has 0 bridgehead atoms. The number of nitrogens with two attached hydrogens (primary N) is 1. The number of pyridine rings is 1. The molecule has 0 aliphatic heterocycles. The van der Waals surface area contributed by atoms with E-state index in [1.54, 1.807) is 30.3 Å². The van der Waals surface area contributed by atoms with Crippen LogP contribution >= 0.6 is 11.3 Å². The van der Waals surface area contributed by atoms with Crippen LogP contribution in [-0.2, 0) is 0 Å². The normalized spacial score (nSPS) is 11.4. The minimum atomic E-state index is -0.324. The third-order valence-corrected chi connectivity index (χ3v) is 8.89. The lowest BCUT2D eigenvalue weighted by molar-refractivity contribution is 0.102. The Kier molecular flexibility index (Phi) is 8.41. The van der Waals surface area contributed by atoms with Gasteiger partial charge in [0.15, 0.2) is 5.78 Å². The Hall–Kier alpha value is -5.33. The molecule has 0 radical (unpaired) electrons. The summed E-state index contributed by atoms with van der Waals surface area (Å²) in [7, 11) is 0. The van der Waals surface area contributed by atoms with Crippen molar-refractivity contribution in [3.8, 4) is 22.4 Å². The van der Waals surface area contributed by atoms with Crippen LogP contribution in [0.2, 0.25) is 0 Å². The van der Waals surface area contributed by atoms with Gasteiger partial charge in [0.1, 0.15) is 9.71 Å². The van der Waals surface area contributed by atoms with Gasteiger partial charge in [0.25, 0.3) is 5.91 Å². The number of amides is 1. The molecule has 0 aliphatic rings. The van der Waals surface area contributed by atoms with E-state index in [-0.39, 0.29) is 11.7 Å². The van der Waals surface area contributed by atoms with Crippen molar-refractivity contribution < 1.29 is 9.59 Å². The van der Waals surface area contributed by atoms with Gasteiger partial charge in [-0.1, -0.05) is 104 Å². The fourth-order valence-electron chi connectivity index (χ4n) is 5.17. The van der Waals surface area contributed by atoms with Crippen LogP contribution in [0.3, 0.4) is 0 Å². The molecule has 2 heterocycles. The van der Waals surface area contributed by atoms with Crippen LogP contribution in [0.5, 0.6) is 0 Å². The van der Waals surface area contributed by atoms with E-state index >= 15 is 0 Å². The molecule has 0 fully saturated rings. The maximum atomic E-state index is 13.5. The van der Waals surface area contributed by atoms with Gasteiger partial charge >= 0.3 is 0 Å². The molecule has 2 aromatic heterocycles. The summed E-state index contributed by atoms with van der Waals surface area (Å²) in [5.74, 6) is 0.0215. The molecule has 222 valence electrons. The van der Waals surface area contributed by atoms with Gasteiger partial charge in [0.2, 0.25) is 0 Å². The highest BCUT2D eigenvalue weighted by molar-refractivity contribution is 7.21. The third-order valence-electron chi connectivity index (χ3n) is 7.79. The van der Waals surface area contributed by atoms with Crippen molar-refractivity contribution in [1.82, 2.24) is 4.98 Å². The molecule has 0 aliphatic carbocycles. The van der Waals surface area contributed by atoms with Crippen molar-refractivity contribution in [2.75, 3.05) is 11.1 Å². The number of hydrogen-bond acceptors (Lipinski definition) is 5. The van der Waals surface area contributed by atoms with Crippen LogP contribution in [0.1, 0.15) is 56.5 Å². The summed E-state index contributed by atoms with van der Waals surface area (Å²) in [6, 6.07) is 35.3. The number of fused-ring (bicyclic) bond motifs is 1. The van der Waals surface area contributed by atoms with Gasteiger partial charge in [-0.25, -0.2) is 4.98 Å². The first kappa shape index (κ1) is 29.7. The second-order valence-corrected chi connectivity index (χ2v) is 12.4. The van der Waals surface area contributed by atoms with Gasteiger partial charge < -0.3 is 11.1 Å². The fraction of sp³-hybridized carbons (Fsp3) is 0.103. The Labute approximate surface area is 267 Å². The number of rotatable bonds is 8. The first-order valence-corrected chi connectivity index (χ1v) is 15.7. The highest BCUT2D eigenvalue weighted by Crippen LogP contribution is 2.41. The van der Waals surface area contributed by atoms with Crippen molar-refractivity contribution >= 4 is 50.7 Å². The standard InChI is InChI=1S/C39H33N3O2S/c1-24(2)27-16-11-26(12-17-27)13-22-34(43)30-18-20-31(21-19-30)41-38(44)37-36(40)35-32(28-14-9-25(3)10-15-28)23-33(42-39(35)45-37)29-7-5-4-6-8-29/h4-24H,40H2,1-3H3,(H,41,44). The van der Waals surface area contributed by atoms with Crippen molar-refractivity contribution in [3.63, 3.8) is 0 Å². The molecule has 3 N–H and O–H groups in total. The van der Waals surface area contributed by atoms with Gasteiger partial charge in [-0.05, 0) is 71.5 Å². The van der Waals surface area contributed by atoms with E-state index in [2.05, 4.69) is 62.5 Å². The molecule has 6 heteroatoms. The average Bonchev–Trinajstić information content (AvgIpc) is 3.40. The summed E-state index contributed by atoms with van der Waals surface area (Å²) < 4.78 is 0. The van der Waals surface area contributed by atoms with Crippen LogP contribution in [-0.4, -0.2) is 16.7 Å². The molecule has 4 aromatic carbocycles. The topological polar surface area (TPSA) is 85.1 Å². The van der Waals surface area contributed by atoms with E-state index in [0.29, 0.717) is 32.6 Å². The number of allylic oxidation sites excluding steroid dienone is 1. The first-order chi connectivity index (χ1) is 21.8. The van der Waals surface area contributed by atoms with Gasteiger partial charge in [-0.3, -0.25) is 9.59 Å². The Morgan fingerprint density at radius 1 is 0.844 bits per heavy atom. The maximum Gasteiger partial charge on any atom is 0.267 e. The predicted molar refractivity (Wildman–Crippen MR) is 188 cm³/mol. The summed E-state index contributed by atoms with van der Waals surface area (Å²) in [5.41, 5.74) is 15.3. The number of nitrogen functional groups attached to an aromatic ring is 1. The predicted octanol–water partition coefficient (Wildman–Crippen LogP) is 9.79. The molecule has 0 spiro atoms. The van der Waals surface area contributed by atoms with Crippen LogP contribution in [0.15, 0.2) is 115 Å². The summed E-state index contributed by atoms with van der Waals surface area (Å²) >= 11 is 1.28. The number of anilines is 2. The van der Waals surface area contributed by atoms with Gasteiger partial charge in [0, 0.05) is 22.2 Å². The monoisotopic (exact) mass is 607 g/mol. The second kappa shape index (κ2) is 12.7. The number of aromatic nitrogens is 1. The van der Waals surface area contributed by atoms with E-state index in [1.807, 2.05) is 54.6 Å². The lowest BCUT2D eigenvalue weighted by atomic mass is 9.98. The summed E-state index contributed by atoms with van der Waals surface area (Å²) in [4.78, 5) is 32.3. The summed E-state index contributed by atoms with van der Waals surface area (Å²) in [5, 5.41) is 3.71. The molecule has 45 heavy (non-hydrogen) atoms. The number of aryl methyl sites for hydroxylation is 1. The second-order valence-electron chi connectivity index (χ2n) is 11.4. The Bertz CT molecular complexity index is 2020. The number of ketones is 1. The zero-order chi connectivity index (χ0) is 31.5. The molecule has 0 saturated carbocycles. The van der Waals surface area contributed by atoms with E-state index in [9.17, 15) is 9.59 Å². The quantitative estimate of drug-likeness (QED) is 0.133. The number of nitrogens with zero attached hydrogens (tertiary/aromatic N) is 1. The molecule has 0 atom stereocenters. The number of carbonyl (C=O) groups excluding carboxylic acids is 2. The zero-order valence-electron chi connectivity index (χ0n) is 25.4. The summed E-state index contributed by atoms with van der Waals surface area (Å²) in [6.07, 6.45) is 3.38. The van der Waals surface area contributed by atoms with E-state index < -0.39 is 0 Å². The van der Waals surface area contributed by atoms with Gasteiger partial charge in [-0.2, -0.15) is 0 Å². The van der Waals surface area contributed by atoms with Crippen LogP contribution in [0.4, 0.5) is 11.4 Å². The molecule has 6 rings (SSSR count). The number of thiophene rings is 1. The van der Waals surface area contributed by atoms with E-state index in [1.165, 1.54) is 16.9 Å². The molecule has 0 unspecified atom stereocenters. The number of benzene rings is 4. The molecule has 5 nitrogen and oxygen atoms in total. The number of carbonyl (C=O) groups is 2. The molecule has 1 amide bonds. The third kappa shape index (κ3) is 6.47.